The Morgan fingerprint density at radius 1 is 0.643 bits per heavy atom. The zero-order chi connectivity index (χ0) is 41.4. The monoisotopic (exact) mass is 805 g/mol. The minimum Gasteiger partial charge on any atom is -0.756 e. The predicted molar refractivity (Wildman–Crippen MR) is 237 cm³/mol. The van der Waals surface area contributed by atoms with Crippen LogP contribution in [0.5, 0.6) is 0 Å². The molecule has 2 N–H and O–H groups in total. The molecule has 324 valence electrons. The third-order valence-electron chi connectivity index (χ3n) is 9.46. The van der Waals surface area contributed by atoms with E-state index in [1.807, 2.05) is 21.1 Å². The Labute approximate surface area is 344 Å². The molecule has 3 unspecified atom stereocenters. The van der Waals surface area contributed by atoms with Crippen LogP contribution in [0.2, 0.25) is 0 Å². The SMILES string of the molecule is CC/C=C\C/C=C\C/C=C\C/C=C\C/C=C\C/C=C\CCCCCCCCCCCCCCC(=O)NC(COP(=O)([O-])OCC[N+](C)(C)C)C(O)CCCCC. The van der Waals surface area contributed by atoms with Gasteiger partial charge in [-0.1, -0.05) is 170 Å². The van der Waals surface area contributed by atoms with Gasteiger partial charge < -0.3 is 28.8 Å². The number of nitrogens with one attached hydrogen (secondary N) is 1. The van der Waals surface area contributed by atoms with E-state index in [-0.39, 0.29) is 19.1 Å². The molecule has 0 aliphatic carbocycles. The molecule has 0 rings (SSSR count). The summed E-state index contributed by atoms with van der Waals surface area (Å²) in [4.78, 5) is 25.0. The van der Waals surface area contributed by atoms with Crippen LogP contribution in [0.25, 0.3) is 0 Å². The van der Waals surface area contributed by atoms with Gasteiger partial charge in [-0.2, -0.15) is 0 Å². The molecule has 0 spiro atoms. The van der Waals surface area contributed by atoms with Crippen molar-refractivity contribution in [2.45, 2.75) is 180 Å². The van der Waals surface area contributed by atoms with Crippen molar-refractivity contribution in [3.63, 3.8) is 0 Å². The Kier molecular flexibility index (Phi) is 37.0. The highest BCUT2D eigenvalue weighted by Gasteiger charge is 2.24. The Morgan fingerprint density at radius 2 is 1.09 bits per heavy atom. The fraction of sp³-hybridized carbons (Fsp3) is 0.723. The number of carbonyl (C=O) groups excluding carboxylic acids is 1. The van der Waals surface area contributed by atoms with Crippen LogP contribution in [-0.2, 0) is 18.4 Å². The summed E-state index contributed by atoms with van der Waals surface area (Å²) in [5, 5.41) is 13.5. The molecule has 0 fully saturated rings. The molecule has 0 aromatic heterocycles. The van der Waals surface area contributed by atoms with Gasteiger partial charge in [0.2, 0.25) is 5.91 Å². The van der Waals surface area contributed by atoms with Crippen LogP contribution >= 0.6 is 7.82 Å². The number of phosphoric ester groups is 1. The maximum atomic E-state index is 12.7. The molecule has 0 saturated heterocycles. The second-order valence-corrected chi connectivity index (χ2v) is 17.4. The van der Waals surface area contributed by atoms with E-state index in [0.29, 0.717) is 23.9 Å². The lowest BCUT2D eigenvalue weighted by molar-refractivity contribution is -0.870. The number of amides is 1. The van der Waals surface area contributed by atoms with Gasteiger partial charge in [-0.05, 0) is 64.2 Å². The quantitative estimate of drug-likeness (QED) is 0.0277. The van der Waals surface area contributed by atoms with Gasteiger partial charge in [-0.3, -0.25) is 9.36 Å². The largest absolute Gasteiger partial charge is 0.756 e. The maximum Gasteiger partial charge on any atom is 0.268 e. The van der Waals surface area contributed by atoms with Crippen LogP contribution in [0.1, 0.15) is 168 Å². The first-order valence-electron chi connectivity index (χ1n) is 22.3. The molecule has 0 aliphatic heterocycles. The number of allylic oxidation sites excluding steroid dienone is 12. The summed E-state index contributed by atoms with van der Waals surface area (Å²) in [6.45, 7) is 4.41. The Hall–Kier alpha value is -2.06. The van der Waals surface area contributed by atoms with E-state index in [0.717, 1.165) is 77.0 Å². The molecule has 0 radical (unpaired) electrons. The van der Waals surface area contributed by atoms with Crippen molar-refractivity contribution >= 4 is 13.7 Å². The first-order chi connectivity index (χ1) is 27.0. The smallest absolute Gasteiger partial charge is 0.268 e. The molecule has 56 heavy (non-hydrogen) atoms. The molecule has 3 atom stereocenters. The van der Waals surface area contributed by atoms with Crippen LogP contribution in [0.3, 0.4) is 0 Å². The Balaban J connectivity index is 3.87. The van der Waals surface area contributed by atoms with Crippen molar-refractivity contribution < 1.29 is 32.9 Å². The van der Waals surface area contributed by atoms with Crippen molar-refractivity contribution in [1.29, 1.82) is 0 Å². The Bertz CT molecular complexity index is 1140. The summed E-state index contributed by atoms with van der Waals surface area (Å²) in [6, 6.07) is -0.800. The molecule has 8 nitrogen and oxygen atoms in total. The number of rotatable bonds is 39. The molecule has 0 saturated carbocycles. The van der Waals surface area contributed by atoms with E-state index in [1.165, 1.54) is 64.2 Å². The van der Waals surface area contributed by atoms with Gasteiger partial charge in [0.15, 0.2) is 0 Å². The topological polar surface area (TPSA) is 108 Å². The highest BCUT2D eigenvalue weighted by molar-refractivity contribution is 7.45. The van der Waals surface area contributed by atoms with E-state index in [4.69, 9.17) is 9.05 Å². The van der Waals surface area contributed by atoms with Gasteiger partial charge in [-0.25, -0.2) is 0 Å². The molecule has 1 amide bonds. The summed E-state index contributed by atoms with van der Waals surface area (Å²) < 4.78 is 22.9. The Morgan fingerprint density at radius 3 is 1.55 bits per heavy atom. The molecule has 0 bridgehead atoms. The van der Waals surface area contributed by atoms with Gasteiger partial charge in [0, 0.05) is 6.42 Å². The van der Waals surface area contributed by atoms with E-state index >= 15 is 0 Å². The zero-order valence-electron chi connectivity index (χ0n) is 36.6. The number of phosphoric acid groups is 1. The normalized spacial score (nSPS) is 15.1. The maximum absolute atomic E-state index is 12.7. The summed E-state index contributed by atoms with van der Waals surface area (Å²) in [7, 11) is 1.28. The predicted octanol–water partition coefficient (Wildman–Crippen LogP) is 11.8. The molecule has 9 heteroatoms. The highest BCUT2D eigenvalue weighted by Crippen LogP contribution is 2.38. The van der Waals surface area contributed by atoms with Crippen molar-refractivity contribution in [1.82, 2.24) is 5.32 Å². The molecule has 0 aromatic carbocycles. The van der Waals surface area contributed by atoms with E-state index in [1.54, 1.807) is 0 Å². The number of quaternary nitrogens is 1. The summed E-state index contributed by atoms with van der Waals surface area (Å²) >= 11 is 0. The standard InChI is InChI=1S/C47H85N2O6P/c1-6-8-10-11-12-13-14-15-16-17-18-19-20-21-22-23-24-25-26-27-28-29-30-31-32-33-34-35-36-37-39-41-47(51)48-45(46(50)40-38-9-7-2)44-55-56(52,53)54-43-42-49(3,4)5/h8,10,12-13,15-16,18-19,21-22,24-25,45-46,50H,6-7,9,11,14,17,20,23,26-44H2,1-5H3,(H-,48,51,52,53)/b10-8-,13-12-,16-15-,19-18-,22-21-,25-24-. The van der Waals surface area contributed by atoms with E-state index in [2.05, 4.69) is 92.1 Å². The third-order valence-corrected chi connectivity index (χ3v) is 10.4. The lowest BCUT2D eigenvalue weighted by atomic mass is 10.0. The molecule has 0 heterocycles. The highest BCUT2D eigenvalue weighted by atomic mass is 31.2. The van der Waals surface area contributed by atoms with Gasteiger partial charge in [0.25, 0.3) is 7.82 Å². The lowest BCUT2D eigenvalue weighted by Crippen LogP contribution is -2.46. The first-order valence-corrected chi connectivity index (χ1v) is 23.7. The zero-order valence-corrected chi connectivity index (χ0v) is 37.5. The number of hydrogen-bond donors (Lipinski definition) is 2. The van der Waals surface area contributed by atoms with Crippen molar-refractivity contribution in [2.24, 2.45) is 0 Å². The van der Waals surface area contributed by atoms with Crippen LogP contribution in [0.4, 0.5) is 0 Å². The number of carbonyl (C=O) groups is 1. The van der Waals surface area contributed by atoms with Crippen molar-refractivity contribution in [3.8, 4) is 0 Å². The van der Waals surface area contributed by atoms with Gasteiger partial charge in [0.1, 0.15) is 13.2 Å². The first kappa shape index (κ1) is 53.9. The van der Waals surface area contributed by atoms with Crippen LogP contribution in [0, 0.1) is 0 Å². The van der Waals surface area contributed by atoms with Gasteiger partial charge >= 0.3 is 0 Å². The number of likely N-dealkylation sites (N-methyl/N-ethyl adjacent to an activating group) is 1. The molecule has 0 aliphatic rings. The fourth-order valence-electron chi connectivity index (χ4n) is 5.92. The molecular formula is C47H85N2O6P. The van der Waals surface area contributed by atoms with Crippen molar-refractivity contribution in [3.05, 3.63) is 72.9 Å². The third kappa shape index (κ3) is 40.1. The van der Waals surface area contributed by atoms with E-state index < -0.39 is 20.0 Å². The molecular weight excluding hydrogens is 719 g/mol. The van der Waals surface area contributed by atoms with Crippen LogP contribution in [-0.4, -0.2) is 68.5 Å². The minimum atomic E-state index is -4.54. The molecule has 0 aromatic rings. The van der Waals surface area contributed by atoms with Gasteiger partial charge in [-0.15, -0.1) is 0 Å². The average Bonchev–Trinajstić information content (AvgIpc) is 3.15. The number of unbranched alkanes of at least 4 members (excludes halogenated alkanes) is 14. The second kappa shape index (κ2) is 38.5. The summed E-state index contributed by atoms with van der Waals surface area (Å²) in [5.74, 6) is -0.183. The number of aliphatic hydroxyl groups excluding tert-OH is 1. The number of hydrogen-bond acceptors (Lipinski definition) is 6. The number of aliphatic hydroxyl groups is 1. The summed E-state index contributed by atoms with van der Waals surface area (Å²) in [5.41, 5.74) is 0. The average molecular weight is 805 g/mol. The van der Waals surface area contributed by atoms with Crippen molar-refractivity contribution in [2.75, 3.05) is 40.9 Å². The number of nitrogens with zero attached hydrogens (tertiary/aromatic N) is 1. The van der Waals surface area contributed by atoms with Gasteiger partial charge in [0.05, 0.1) is 39.9 Å². The second-order valence-electron chi connectivity index (χ2n) is 16.0. The van der Waals surface area contributed by atoms with E-state index in [9.17, 15) is 19.4 Å². The van der Waals surface area contributed by atoms with Crippen LogP contribution < -0.4 is 10.2 Å². The van der Waals surface area contributed by atoms with Crippen LogP contribution in [0.15, 0.2) is 72.9 Å². The fourth-order valence-corrected chi connectivity index (χ4v) is 6.65. The summed E-state index contributed by atoms with van der Waals surface area (Å²) in [6.07, 6.45) is 51.5. The lowest BCUT2D eigenvalue weighted by Gasteiger charge is -2.30. The minimum absolute atomic E-state index is 0.00714.